The molecule has 0 heterocycles. The Balaban J connectivity index is 1.78. The van der Waals surface area contributed by atoms with Gasteiger partial charge in [-0.05, 0) is 47.9 Å². The van der Waals surface area contributed by atoms with Gasteiger partial charge in [-0.25, -0.2) is 0 Å². The summed E-state index contributed by atoms with van der Waals surface area (Å²) in [6, 6.07) is 19.7. The maximum atomic E-state index is 6.14. The maximum Gasteiger partial charge on any atom is -0.000556 e. The molecular formula is C21H27N. The minimum atomic E-state index is 0.530. The fourth-order valence-electron chi connectivity index (χ4n) is 3.87. The molecule has 116 valence electrons. The van der Waals surface area contributed by atoms with Crippen molar-refractivity contribution < 1.29 is 0 Å². The summed E-state index contributed by atoms with van der Waals surface area (Å²) in [4.78, 5) is 0. The topological polar surface area (TPSA) is 26.0 Å². The van der Waals surface area contributed by atoms with Gasteiger partial charge in [0.15, 0.2) is 0 Å². The lowest BCUT2D eigenvalue weighted by molar-refractivity contribution is 0.380. The van der Waals surface area contributed by atoms with Gasteiger partial charge in [0.25, 0.3) is 0 Å². The van der Waals surface area contributed by atoms with Gasteiger partial charge in [-0.3, -0.25) is 0 Å². The molecule has 2 aromatic rings. The van der Waals surface area contributed by atoms with Crippen molar-refractivity contribution in [1.29, 1.82) is 0 Å². The van der Waals surface area contributed by atoms with Crippen molar-refractivity contribution in [1.82, 2.24) is 0 Å². The molecule has 0 aliphatic heterocycles. The summed E-state index contributed by atoms with van der Waals surface area (Å²) in [6.45, 7) is 0.773. The highest BCUT2D eigenvalue weighted by Crippen LogP contribution is 2.35. The molecule has 0 saturated heterocycles. The van der Waals surface area contributed by atoms with E-state index in [4.69, 9.17) is 5.73 Å². The van der Waals surface area contributed by atoms with E-state index in [0.29, 0.717) is 5.92 Å². The number of rotatable bonds is 4. The first-order valence-electron chi connectivity index (χ1n) is 8.74. The van der Waals surface area contributed by atoms with Crippen LogP contribution in [0.2, 0.25) is 0 Å². The minimum absolute atomic E-state index is 0.530. The molecule has 2 N–H and O–H groups in total. The summed E-state index contributed by atoms with van der Waals surface area (Å²) in [5.74, 6) is 1.30. The Bertz CT molecular complexity index is 550. The van der Waals surface area contributed by atoms with Crippen LogP contribution in [-0.2, 0) is 0 Å². The van der Waals surface area contributed by atoms with Crippen LogP contribution in [-0.4, -0.2) is 6.54 Å². The second-order valence-corrected chi connectivity index (χ2v) is 6.58. The van der Waals surface area contributed by atoms with E-state index in [0.717, 1.165) is 12.5 Å². The zero-order chi connectivity index (χ0) is 15.2. The van der Waals surface area contributed by atoms with Crippen LogP contribution in [0.4, 0.5) is 0 Å². The Morgan fingerprint density at radius 3 is 1.95 bits per heavy atom. The molecule has 0 bridgehead atoms. The number of benzene rings is 2. The second-order valence-electron chi connectivity index (χ2n) is 6.58. The number of hydrogen-bond donors (Lipinski definition) is 1. The normalized spacial score (nSPS) is 17.9. The predicted molar refractivity (Wildman–Crippen MR) is 94.9 cm³/mol. The predicted octanol–water partition coefficient (Wildman–Crippen LogP) is 5.37. The Morgan fingerprint density at radius 1 is 0.773 bits per heavy atom. The first-order chi connectivity index (χ1) is 10.9. The quantitative estimate of drug-likeness (QED) is 0.754. The summed E-state index contributed by atoms with van der Waals surface area (Å²) in [7, 11) is 0. The van der Waals surface area contributed by atoms with Crippen LogP contribution in [0.15, 0.2) is 54.6 Å². The summed E-state index contributed by atoms with van der Waals surface area (Å²) in [5.41, 5.74) is 10.1. The molecule has 1 aliphatic carbocycles. The lowest BCUT2D eigenvalue weighted by Gasteiger charge is -2.25. The third-order valence-corrected chi connectivity index (χ3v) is 5.17. The van der Waals surface area contributed by atoms with Crippen molar-refractivity contribution in [2.75, 3.05) is 6.54 Å². The van der Waals surface area contributed by atoms with E-state index in [1.807, 2.05) is 0 Å². The summed E-state index contributed by atoms with van der Waals surface area (Å²) in [6.07, 6.45) is 8.26. The van der Waals surface area contributed by atoms with Gasteiger partial charge >= 0.3 is 0 Å². The Morgan fingerprint density at radius 2 is 1.36 bits per heavy atom. The van der Waals surface area contributed by atoms with E-state index in [2.05, 4.69) is 54.6 Å². The van der Waals surface area contributed by atoms with E-state index < -0.39 is 0 Å². The van der Waals surface area contributed by atoms with Gasteiger partial charge in [-0.15, -0.1) is 0 Å². The second kappa shape index (κ2) is 7.60. The summed E-state index contributed by atoms with van der Waals surface area (Å²) in [5, 5.41) is 0. The van der Waals surface area contributed by atoms with Crippen molar-refractivity contribution in [2.24, 2.45) is 11.7 Å². The van der Waals surface area contributed by atoms with Gasteiger partial charge in [0.1, 0.15) is 0 Å². The first kappa shape index (κ1) is 15.3. The van der Waals surface area contributed by atoms with Gasteiger partial charge in [0.2, 0.25) is 0 Å². The van der Waals surface area contributed by atoms with E-state index in [-0.39, 0.29) is 0 Å². The molecule has 22 heavy (non-hydrogen) atoms. The summed E-state index contributed by atoms with van der Waals surface area (Å²) < 4.78 is 0. The lowest BCUT2D eigenvalue weighted by Crippen LogP contribution is -2.21. The molecule has 1 saturated carbocycles. The van der Waals surface area contributed by atoms with Crippen LogP contribution in [0.5, 0.6) is 0 Å². The SMILES string of the molecule is NCC(c1ccc(-c2ccccc2)cc1)C1CCCCCC1. The van der Waals surface area contributed by atoms with Crippen LogP contribution < -0.4 is 5.73 Å². The average molecular weight is 293 g/mol. The molecule has 1 aliphatic rings. The van der Waals surface area contributed by atoms with Crippen molar-refractivity contribution in [3.63, 3.8) is 0 Å². The average Bonchev–Trinajstić information content (AvgIpc) is 2.86. The molecule has 0 aromatic heterocycles. The van der Waals surface area contributed by atoms with Crippen molar-refractivity contribution in [3.8, 4) is 11.1 Å². The van der Waals surface area contributed by atoms with Crippen LogP contribution in [0.25, 0.3) is 11.1 Å². The standard InChI is InChI=1S/C21H27N/c22-16-21(19-10-4-1-2-5-11-19)20-14-12-18(13-15-20)17-8-6-3-7-9-17/h3,6-9,12-15,19,21H,1-2,4-5,10-11,16,22H2. The molecule has 1 atom stereocenters. The van der Waals surface area contributed by atoms with Gasteiger partial charge in [-0.1, -0.05) is 80.3 Å². The van der Waals surface area contributed by atoms with Crippen LogP contribution in [0.1, 0.15) is 50.0 Å². The van der Waals surface area contributed by atoms with Crippen molar-refractivity contribution in [2.45, 2.75) is 44.4 Å². The molecule has 1 fully saturated rings. The minimum Gasteiger partial charge on any atom is -0.330 e. The molecule has 3 rings (SSSR count). The third kappa shape index (κ3) is 3.59. The van der Waals surface area contributed by atoms with E-state index in [9.17, 15) is 0 Å². The van der Waals surface area contributed by atoms with Gasteiger partial charge in [0, 0.05) is 0 Å². The van der Waals surface area contributed by atoms with E-state index in [1.54, 1.807) is 0 Å². The highest BCUT2D eigenvalue weighted by atomic mass is 14.6. The highest BCUT2D eigenvalue weighted by molar-refractivity contribution is 5.63. The van der Waals surface area contributed by atoms with Crippen LogP contribution >= 0.6 is 0 Å². The maximum absolute atomic E-state index is 6.14. The molecule has 2 aromatic carbocycles. The Hall–Kier alpha value is -1.60. The Labute approximate surface area is 134 Å². The monoisotopic (exact) mass is 293 g/mol. The van der Waals surface area contributed by atoms with Crippen LogP contribution in [0.3, 0.4) is 0 Å². The van der Waals surface area contributed by atoms with Gasteiger partial charge in [0.05, 0.1) is 0 Å². The third-order valence-electron chi connectivity index (χ3n) is 5.17. The fourth-order valence-corrected chi connectivity index (χ4v) is 3.87. The highest BCUT2D eigenvalue weighted by Gasteiger charge is 2.23. The summed E-state index contributed by atoms with van der Waals surface area (Å²) >= 11 is 0. The molecule has 0 radical (unpaired) electrons. The first-order valence-corrected chi connectivity index (χ1v) is 8.74. The van der Waals surface area contributed by atoms with Gasteiger partial charge in [-0.2, -0.15) is 0 Å². The molecule has 1 heteroatoms. The van der Waals surface area contributed by atoms with E-state index >= 15 is 0 Å². The largest absolute Gasteiger partial charge is 0.330 e. The zero-order valence-corrected chi connectivity index (χ0v) is 13.4. The van der Waals surface area contributed by atoms with Crippen molar-refractivity contribution >= 4 is 0 Å². The fraction of sp³-hybridized carbons (Fsp3) is 0.429. The van der Waals surface area contributed by atoms with E-state index in [1.165, 1.54) is 55.2 Å². The molecule has 1 unspecified atom stereocenters. The molecular weight excluding hydrogens is 266 g/mol. The van der Waals surface area contributed by atoms with Crippen LogP contribution in [0, 0.1) is 5.92 Å². The molecule has 0 amide bonds. The lowest BCUT2D eigenvalue weighted by atomic mass is 9.81. The molecule has 0 spiro atoms. The Kier molecular flexibility index (Phi) is 5.29. The van der Waals surface area contributed by atoms with Gasteiger partial charge < -0.3 is 5.73 Å². The zero-order valence-electron chi connectivity index (χ0n) is 13.4. The number of hydrogen-bond acceptors (Lipinski definition) is 1. The molecule has 1 nitrogen and oxygen atoms in total. The smallest absolute Gasteiger partial charge is 0.000556 e. The number of nitrogens with two attached hydrogens (primary N) is 1. The van der Waals surface area contributed by atoms with Crippen molar-refractivity contribution in [3.05, 3.63) is 60.2 Å².